The second-order valence-electron chi connectivity index (χ2n) is 4.41. The Kier molecular flexibility index (Phi) is 3.69. The van der Waals surface area contributed by atoms with E-state index in [1.165, 1.54) is 12.1 Å². The molecule has 1 nitrogen and oxygen atoms in total. The number of aliphatic hydroxyl groups excluding tert-OH is 1. The SMILES string of the molecule is Cc1cc(C(O)c2ccc(F)cc2)c(C)cc1Cl. The van der Waals surface area contributed by atoms with Crippen molar-refractivity contribution in [2.75, 3.05) is 0 Å². The first-order valence-corrected chi connectivity index (χ1v) is 6.07. The molecule has 0 saturated heterocycles. The molecule has 1 N–H and O–H groups in total. The largest absolute Gasteiger partial charge is 0.384 e. The molecule has 3 heteroatoms. The molecule has 18 heavy (non-hydrogen) atoms. The summed E-state index contributed by atoms with van der Waals surface area (Å²) in [7, 11) is 0. The van der Waals surface area contributed by atoms with E-state index in [1.54, 1.807) is 12.1 Å². The number of hydrogen-bond donors (Lipinski definition) is 1. The van der Waals surface area contributed by atoms with Gasteiger partial charge in [0.1, 0.15) is 11.9 Å². The zero-order valence-electron chi connectivity index (χ0n) is 10.2. The Morgan fingerprint density at radius 2 is 1.67 bits per heavy atom. The van der Waals surface area contributed by atoms with Crippen molar-refractivity contribution >= 4 is 11.6 Å². The fraction of sp³-hybridized carbons (Fsp3) is 0.200. The first-order chi connectivity index (χ1) is 8.49. The van der Waals surface area contributed by atoms with Crippen LogP contribution in [0.2, 0.25) is 5.02 Å². The summed E-state index contributed by atoms with van der Waals surface area (Å²) in [6.45, 7) is 3.79. The van der Waals surface area contributed by atoms with Crippen LogP contribution < -0.4 is 0 Å². The van der Waals surface area contributed by atoms with Crippen LogP contribution in [0.4, 0.5) is 4.39 Å². The second kappa shape index (κ2) is 5.09. The predicted molar refractivity (Wildman–Crippen MR) is 71.4 cm³/mol. The molecular weight excluding hydrogens is 251 g/mol. The molecule has 0 aliphatic carbocycles. The van der Waals surface area contributed by atoms with Crippen LogP contribution in [0.3, 0.4) is 0 Å². The van der Waals surface area contributed by atoms with Gasteiger partial charge < -0.3 is 5.11 Å². The van der Waals surface area contributed by atoms with Crippen molar-refractivity contribution in [2.24, 2.45) is 0 Å². The molecule has 1 atom stereocenters. The van der Waals surface area contributed by atoms with Crippen LogP contribution in [0.25, 0.3) is 0 Å². The first-order valence-electron chi connectivity index (χ1n) is 5.69. The van der Waals surface area contributed by atoms with E-state index in [2.05, 4.69) is 0 Å². The number of rotatable bonds is 2. The monoisotopic (exact) mass is 264 g/mol. The molecule has 0 radical (unpaired) electrons. The molecule has 0 aliphatic heterocycles. The molecule has 0 spiro atoms. The molecule has 1 unspecified atom stereocenters. The van der Waals surface area contributed by atoms with E-state index in [1.807, 2.05) is 26.0 Å². The van der Waals surface area contributed by atoms with Gasteiger partial charge in [0, 0.05) is 5.02 Å². The molecule has 0 fully saturated rings. The summed E-state index contributed by atoms with van der Waals surface area (Å²) in [5.41, 5.74) is 3.30. The molecular formula is C15H14ClFO. The van der Waals surface area contributed by atoms with Gasteiger partial charge in [-0.25, -0.2) is 4.39 Å². The quantitative estimate of drug-likeness (QED) is 0.863. The lowest BCUT2D eigenvalue weighted by Crippen LogP contribution is -2.03. The zero-order chi connectivity index (χ0) is 13.3. The van der Waals surface area contributed by atoms with Crippen LogP contribution >= 0.6 is 11.6 Å². The Morgan fingerprint density at radius 3 is 2.28 bits per heavy atom. The van der Waals surface area contributed by atoms with E-state index in [4.69, 9.17) is 11.6 Å². The fourth-order valence-corrected chi connectivity index (χ4v) is 2.14. The van der Waals surface area contributed by atoms with Gasteiger partial charge in [-0.3, -0.25) is 0 Å². The van der Waals surface area contributed by atoms with Crippen LogP contribution in [0.1, 0.15) is 28.4 Å². The molecule has 94 valence electrons. The first kappa shape index (κ1) is 13.1. The van der Waals surface area contributed by atoms with Crippen molar-refractivity contribution in [2.45, 2.75) is 20.0 Å². The summed E-state index contributed by atoms with van der Waals surface area (Å²) in [5, 5.41) is 11.0. The van der Waals surface area contributed by atoms with Gasteiger partial charge in [0.05, 0.1) is 0 Å². The third kappa shape index (κ3) is 2.55. The van der Waals surface area contributed by atoms with E-state index in [9.17, 15) is 9.50 Å². The third-order valence-electron chi connectivity index (χ3n) is 3.03. The van der Waals surface area contributed by atoms with Crippen molar-refractivity contribution in [1.29, 1.82) is 0 Å². The van der Waals surface area contributed by atoms with Gasteiger partial charge in [0.2, 0.25) is 0 Å². The van der Waals surface area contributed by atoms with E-state index in [0.717, 1.165) is 16.7 Å². The van der Waals surface area contributed by atoms with Crippen molar-refractivity contribution in [3.63, 3.8) is 0 Å². The molecule has 0 amide bonds. The van der Waals surface area contributed by atoms with Gasteiger partial charge in [0.15, 0.2) is 0 Å². The lowest BCUT2D eigenvalue weighted by atomic mass is 9.96. The van der Waals surface area contributed by atoms with Gasteiger partial charge >= 0.3 is 0 Å². The van der Waals surface area contributed by atoms with Crippen molar-refractivity contribution in [3.05, 3.63) is 69.5 Å². The molecule has 0 heterocycles. The standard InChI is InChI=1S/C15H14ClFO/c1-9-8-14(16)10(2)7-13(9)15(18)11-3-5-12(17)6-4-11/h3-8,15,18H,1-2H3. The molecule has 0 saturated carbocycles. The predicted octanol–water partition coefficient (Wildman–Crippen LogP) is 4.18. The van der Waals surface area contributed by atoms with Gasteiger partial charge in [-0.1, -0.05) is 29.8 Å². The topological polar surface area (TPSA) is 20.2 Å². The Balaban J connectivity index is 2.42. The second-order valence-corrected chi connectivity index (χ2v) is 4.82. The Hall–Kier alpha value is -1.38. The fourth-order valence-electron chi connectivity index (χ4n) is 1.92. The molecule has 0 aliphatic rings. The van der Waals surface area contributed by atoms with E-state index in [-0.39, 0.29) is 5.82 Å². The number of aryl methyl sites for hydroxylation is 2. The van der Waals surface area contributed by atoms with Gasteiger partial charge in [-0.15, -0.1) is 0 Å². The average Bonchev–Trinajstić information content (AvgIpc) is 2.34. The summed E-state index contributed by atoms with van der Waals surface area (Å²) in [6.07, 6.45) is -0.762. The minimum absolute atomic E-state index is 0.310. The van der Waals surface area contributed by atoms with Crippen LogP contribution in [-0.4, -0.2) is 5.11 Å². The molecule has 2 aromatic rings. The smallest absolute Gasteiger partial charge is 0.123 e. The molecule has 0 aromatic heterocycles. The summed E-state index contributed by atoms with van der Waals surface area (Å²) >= 11 is 6.03. The Morgan fingerprint density at radius 1 is 1.06 bits per heavy atom. The van der Waals surface area contributed by atoms with Crippen molar-refractivity contribution in [1.82, 2.24) is 0 Å². The minimum atomic E-state index is -0.762. The van der Waals surface area contributed by atoms with Crippen LogP contribution in [-0.2, 0) is 0 Å². The lowest BCUT2D eigenvalue weighted by molar-refractivity contribution is 0.219. The minimum Gasteiger partial charge on any atom is -0.384 e. The van der Waals surface area contributed by atoms with Crippen molar-refractivity contribution in [3.8, 4) is 0 Å². The summed E-state index contributed by atoms with van der Waals surface area (Å²) in [4.78, 5) is 0. The van der Waals surface area contributed by atoms with Crippen molar-refractivity contribution < 1.29 is 9.50 Å². The van der Waals surface area contributed by atoms with E-state index >= 15 is 0 Å². The maximum atomic E-state index is 12.8. The van der Waals surface area contributed by atoms with Gasteiger partial charge in [-0.2, -0.15) is 0 Å². The zero-order valence-corrected chi connectivity index (χ0v) is 11.0. The van der Waals surface area contributed by atoms with E-state index < -0.39 is 6.10 Å². The highest BCUT2D eigenvalue weighted by molar-refractivity contribution is 6.31. The Bertz CT molecular complexity index is 563. The maximum Gasteiger partial charge on any atom is 0.123 e. The summed E-state index contributed by atoms with van der Waals surface area (Å²) < 4.78 is 12.8. The number of benzene rings is 2. The Labute approximate surface area is 111 Å². The third-order valence-corrected chi connectivity index (χ3v) is 3.43. The van der Waals surface area contributed by atoms with Gasteiger partial charge in [0.25, 0.3) is 0 Å². The van der Waals surface area contributed by atoms with E-state index in [0.29, 0.717) is 10.6 Å². The van der Waals surface area contributed by atoms with Crippen LogP contribution in [0, 0.1) is 19.7 Å². The highest BCUT2D eigenvalue weighted by Gasteiger charge is 2.14. The number of hydrogen-bond acceptors (Lipinski definition) is 1. The highest BCUT2D eigenvalue weighted by Crippen LogP contribution is 2.29. The lowest BCUT2D eigenvalue weighted by Gasteiger charge is -2.15. The molecule has 2 aromatic carbocycles. The van der Waals surface area contributed by atoms with Crippen LogP contribution in [0.5, 0.6) is 0 Å². The normalized spacial score (nSPS) is 12.5. The maximum absolute atomic E-state index is 12.8. The number of aliphatic hydroxyl groups is 1. The van der Waals surface area contributed by atoms with Gasteiger partial charge in [-0.05, 0) is 54.3 Å². The number of halogens is 2. The molecule has 0 bridgehead atoms. The summed E-state index contributed by atoms with van der Waals surface area (Å²) in [5.74, 6) is -0.310. The van der Waals surface area contributed by atoms with Crippen LogP contribution in [0.15, 0.2) is 36.4 Å². The average molecular weight is 265 g/mol. The molecule has 2 rings (SSSR count). The summed E-state index contributed by atoms with van der Waals surface area (Å²) in [6, 6.07) is 9.56. The highest BCUT2D eigenvalue weighted by atomic mass is 35.5.